The number of nitrogens with one attached hydrogen (secondary N) is 2. The van der Waals surface area contributed by atoms with Gasteiger partial charge >= 0.3 is 0 Å². The highest BCUT2D eigenvalue weighted by molar-refractivity contribution is 6.31. The monoisotopic (exact) mass is 569 g/mol. The van der Waals surface area contributed by atoms with Gasteiger partial charge in [0.2, 0.25) is 0 Å². The van der Waals surface area contributed by atoms with Gasteiger partial charge in [-0.3, -0.25) is 14.5 Å². The number of halogens is 1. The van der Waals surface area contributed by atoms with Crippen molar-refractivity contribution in [2.45, 2.75) is 19.4 Å². The third kappa shape index (κ3) is 6.88. The summed E-state index contributed by atoms with van der Waals surface area (Å²) in [6.07, 6.45) is 1.87. The first-order valence-electron chi connectivity index (χ1n) is 13.5. The van der Waals surface area contributed by atoms with Crippen LogP contribution in [0.25, 0.3) is 0 Å². The van der Waals surface area contributed by atoms with Gasteiger partial charge in [-0.25, -0.2) is 0 Å². The molecular formula is C33H32ClN3O4. The highest BCUT2D eigenvalue weighted by atomic mass is 35.5. The van der Waals surface area contributed by atoms with Crippen molar-refractivity contribution in [3.63, 3.8) is 0 Å². The highest BCUT2D eigenvalue weighted by Crippen LogP contribution is 2.33. The zero-order valence-electron chi connectivity index (χ0n) is 23.1. The summed E-state index contributed by atoms with van der Waals surface area (Å²) in [5.41, 5.74) is 5.66. The Kier molecular flexibility index (Phi) is 8.87. The van der Waals surface area contributed by atoms with Gasteiger partial charge in [0.25, 0.3) is 11.8 Å². The van der Waals surface area contributed by atoms with E-state index >= 15 is 0 Å². The van der Waals surface area contributed by atoms with Crippen LogP contribution in [0.4, 0.5) is 11.4 Å². The summed E-state index contributed by atoms with van der Waals surface area (Å²) in [6, 6.07) is 25.6. The molecule has 1 aliphatic rings. The lowest BCUT2D eigenvalue weighted by atomic mass is 9.98. The molecule has 1 aliphatic heterocycles. The van der Waals surface area contributed by atoms with Gasteiger partial charge in [-0.2, -0.15) is 0 Å². The summed E-state index contributed by atoms with van der Waals surface area (Å²) >= 11 is 6.02. The minimum Gasteiger partial charge on any atom is -0.493 e. The molecule has 8 heteroatoms. The van der Waals surface area contributed by atoms with Gasteiger partial charge in [-0.1, -0.05) is 41.9 Å². The van der Waals surface area contributed by atoms with E-state index in [1.165, 1.54) is 16.7 Å². The van der Waals surface area contributed by atoms with Crippen molar-refractivity contribution >= 4 is 34.8 Å². The Morgan fingerprint density at radius 1 is 0.829 bits per heavy atom. The molecule has 0 bridgehead atoms. The summed E-state index contributed by atoms with van der Waals surface area (Å²) in [5, 5.41) is 6.23. The topological polar surface area (TPSA) is 79.9 Å². The number of amides is 2. The Morgan fingerprint density at radius 3 is 2.29 bits per heavy atom. The second-order valence-corrected chi connectivity index (χ2v) is 10.3. The van der Waals surface area contributed by atoms with Gasteiger partial charge in [-0.15, -0.1) is 0 Å². The summed E-state index contributed by atoms with van der Waals surface area (Å²) in [6.45, 7) is 2.79. The van der Waals surface area contributed by atoms with Crippen LogP contribution in [0.1, 0.15) is 37.4 Å². The molecule has 0 fully saturated rings. The van der Waals surface area contributed by atoms with Gasteiger partial charge in [0.15, 0.2) is 11.5 Å². The van der Waals surface area contributed by atoms with E-state index in [1.807, 2.05) is 24.3 Å². The predicted octanol–water partition coefficient (Wildman–Crippen LogP) is 6.46. The Hall–Kier alpha value is -4.33. The van der Waals surface area contributed by atoms with Crippen molar-refractivity contribution < 1.29 is 19.1 Å². The van der Waals surface area contributed by atoms with Crippen LogP contribution in [0.5, 0.6) is 11.5 Å². The third-order valence-corrected chi connectivity index (χ3v) is 7.47. The van der Waals surface area contributed by atoms with Crippen molar-refractivity contribution in [1.29, 1.82) is 0 Å². The molecule has 0 radical (unpaired) electrons. The Bertz CT molecular complexity index is 1550. The zero-order chi connectivity index (χ0) is 28.8. The normalized spacial score (nSPS) is 12.8. The van der Waals surface area contributed by atoms with Gasteiger partial charge in [0, 0.05) is 35.9 Å². The number of hydrogen-bond donors (Lipinski definition) is 2. The number of benzene rings is 4. The quantitative estimate of drug-likeness (QED) is 0.242. The molecule has 0 aromatic heterocycles. The van der Waals surface area contributed by atoms with Crippen LogP contribution in [0.15, 0.2) is 84.9 Å². The van der Waals surface area contributed by atoms with E-state index in [-0.39, 0.29) is 11.8 Å². The number of anilines is 2. The molecule has 0 aliphatic carbocycles. The molecular weight excluding hydrogens is 538 g/mol. The van der Waals surface area contributed by atoms with E-state index < -0.39 is 0 Å². The van der Waals surface area contributed by atoms with E-state index in [4.69, 9.17) is 21.1 Å². The van der Waals surface area contributed by atoms with E-state index in [2.05, 4.69) is 27.7 Å². The van der Waals surface area contributed by atoms with Crippen molar-refractivity contribution in [2.75, 3.05) is 37.9 Å². The van der Waals surface area contributed by atoms with Gasteiger partial charge in [0.1, 0.15) is 0 Å². The molecule has 4 aromatic carbocycles. The predicted molar refractivity (Wildman–Crippen MR) is 162 cm³/mol. The van der Waals surface area contributed by atoms with Crippen molar-refractivity contribution in [2.24, 2.45) is 0 Å². The van der Waals surface area contributed by atoms with Crippen LogP contribution >= 0.6 is 11.6 Å². The van der Waals surface area contributed by atoms with E-state index in [1.54, 1.807) is 62.8 Å². The lowest BCUT2D eigenvalue weighted by Gasteiger charge is -2.29. The molecule has 0 saturated carbocycles. The summed E-state index contributed by atoms with van der Waals surface area (Å²) in [7, 11) is 3.33. The lowest BCUT2D eigenvalue weighted by Crippen LogP contribution is -2.32. The van der Waals surface area contributed by atoms with Crippen LogP contribution < -0.4 is 20.1 Å². The second kappa shape index (κ2) is 12.9. The highest BCUT2D eigenvalue weighted by Gasteiger charge is 2.19. The summed E-state index contributed by atoms with van der Waals surface area (Å²) in [4.78, 5) is 28.3. The number of nitrogens with zero attached hydrogens (tertiary/aromatic N) is 1. The van der Waals surface area contributed by atoms with Crippen LogP contribution in [0.2, 0.25) is 5.02 Å². The Morgan fingerprint density at radius 2 is 1.56 bits per heavy atom. The zero-order valence-corrected chi connectivity index (χ0v) is 23.8. The average molecular weight is 570 g/mol. The number of carbonyl (C=O) groups is 2. The molecule has 4 aromatic rings. The average Bonchev–Trinajstić information content (AvgIpc) is 3.00. The maximum atomic E-state index is 13.1. The molecule has 0 saturated heterocycles. The summed E-state index contributed by atoms with van der Waals surface area (Å²) in [5.74, 6) is 0.890. The number of carbonyl (C=O) groups excluding carboxylic acids is 2. The molecule has 2 amide bonds. The number of fused-ring (bicyclic) bond motifs is 1. The largest absolute Gasteiger partial charge is 0.493 e. The molecule has 7 nitrogen and oxygen atoms in total. The third-order valence-electron chi connectivity index (χ3n) is 7.23. The molecule has 5 rings (SSSR count). The molecule has 210 valence electrons. The molecule has 2 N–H and O–H groups in total. The number of ether oxygens (including phenoxy) is 2. The van der Waals surface area contributed by atoms with Crippen LogP contribution in [-0.4, -0.2) is 44.0 Å². The lowest BCUT2D eigenvalue weighted by molar-refractivity contribution is 0.102. The van der Waals surface area contributed by atoms with Crippen LogP contribution in [-0.2, 0) is 19.4 Å². The first kappa shape index (κ1) is 28.2. The fourth-order valence-electron chi connectivity index (χ4n) is 4.99. The van der Waals surface area contributed by atoms with Crippen LogP contribution in [0, 0.1) is 0 Å². The number of para-hydroxylation sites is 1. The molecule has 0 spiro atoms. The van der Waals surface area contributed by atoms with Crippen molar-refractivity contribution in [1.82, 2.24) is 4.90 Å². The van der Waals surface area contributed by atoms with Gasteiger partial charge < -0.3 is 20.1 Å². The summed E-state index contributed by atoms with van der Waals surface area (Å²) < 4.78 is 10.9. The minimum absolute atomic E-state index is 0.307. The number of rotatable bonds is 9. The number of methoxy groups -OCH3 is 2. The van der Waals surface area contributed by atoms with Gasteiger partial charge in [0.05, 0.1) is 25.5 Å². The first-order chi connectivity index (χ1) is 19.9. The van der Waals surface area contributed by atoms with Crippen molar-refractivity contribution in [3.8, 4) is 11.5 Å². The van der Waals surface area contributed by atoms with E-state index in [0.717, 1.165) is 44.0 Å². The van der Waals surface area contributed by atoms with Crippen LogP contribution in [0.3, 0.4) is 0 Å². The fraction of sp³-hybridized carbons (Fsp3) is 0.212. The maximum absolute atomic E-state index is 13.1. The molecule has 41 heavy (non-hydrogen) atoms. The standard InChI is InChI=1S/C33H32ClN3O4/c1-40-30-19-23-15-17-37(21-25(23)20-31(30)41-2)16-14-22-10-12-27(13-11-22)35-33(39)28-8-3-4-9-29(28)36-32(38)24-6-5-7-26(34)18-24/h3-13,18-20H,14-17,21H2,1-2H3,(H,35,39)(H,36,38). The molecule has 0 unspecified atom stereocenters. The van der Waals surface area contributed by atoms with Gasteiger partial charge in [-0.05, 0) is 84.1 Å². The Balaban J connectivity index is 1.17. The van der Waals surface area contributed by atoms with Crippen molar-refractivity contribution in [3.05, 3.63) is 118 Å². The second-order valence-electron chi connectivity index (χ2n) is 9.91. The first-order valence-corrected chi connectivity index (χ1v) is 13.8. The van der Waals surface area contributed by atoms with E-state index in [9.17, 15) is 9.59 Å². The Labute approximate surface area is 245 Å². The smallest absolute Gasteiger partial charge is 0.257 e. The fourth-order valence-corrected chi connectivity index (χ4v) is 5.18. The molecule has 0 atom stereocenters. The maximum Gasteiger partial charge on any atom is 0.257 e. The van der Waals surface area contributed by atoms with E-state index in [0.29, 0.717) is 27.5 Å². The minimum atomic E-state index is -0.340. The molecule has 1 heterocycles. The number of hydrogen-bond acceptors (Lipinski definition) is 5. The SMILES string of the molecule is COc1cc2c(cc1OC)CN(CCc1ccc(NC(=O)c3ccccc3NC(=O)c3cccc(Cl)c3)cc1)CC2.